The predicted molar refractivity (Wildman–Crippen MR) is 67.1 cm³/mol. The summed E-state index contributed by atoms with van der Waals surface area (Å²) in [5.74, 6) is 0. The van der Waals surface area contributed by atoms with E-state index < -0.39 is 0 Å². The third kappa shape index (κ3) is 2.45. The van der Waals surface area contributed by atoms with E-state index in [1.165, 1.54) is 0 Å². The molecule has 0 fully saturated rings. The van der Waals surface area contributed by atoms with Crippen LogP contribution in [0.25, 0.3) is 0 Å². The standard InChI is InChI=1S/C13H14N4/c1-3-17-9-12(8-15-17)16-13-6-10(2)4-5-11(13)7-14/h4-6,8-9,16H,3H2,1-2H3. The van der Waals surface area contributed by atoms with Crippen LogP contribution in [-0.2, 0) is 6.54 Å². The van der Waals surface area contributed by atoms with Crippen molar-refractivity contribution in [2.45, 2.75) is 20.4 Å². The number of aromatic nitrogens is 2. The first kappa shape index (κ1) is 11.2. The summed E-state index contributed by atoms with van der Waals surface area (Å²) < 4.78 is 1.84. The van der Waals surface area contributed by atoms with Crippen LogP contribution in [0.3, 0.4) is 0 Å². The fraction of sp³-hybridized carbons (Fsp3) is 0.231. The van der Waals surface area contributed by atoms with Crippen molar-refractivity contribution < 1.29 is 0 Å². The van der Waals surface area contributed by atoms with Crippen LogP contribution < -0.4 is 5.32 Å². The first-order chi connectivity index (χ1) is 8.22. The van der Waals surface area contributed by atoms with Crippen molar-refractivity contribution in [3.63, 3.8) is 0 Å². The molecule has 2 aromatic rings. The minimum atomic E-state index is 0.639. The highest BCUT2D eigenvalue weighted by Crippen LogP contribution is 2.21. The third-order valence-electron chi connectivity index (χ3n) is 2.53. The van der Waals surface area contributed by atoms with Crippen molar-refractivity contribution >= 4 is 11.4 Å². The Balaban J connectivity index is 2.29. The maximum absolute atomic E-state index is 9.03. The maximum atomic E-state index is 9.03. The van der Waals surface area contributed by atoms with Crippen LogP contribution in [0, 0.1) is 18.3 Å². The minimum absolute atomic E-state index is 0.639. The summed E-state index contributed by atoms with van der Waals surface area (Å²) in [7, 11) is 0. The molecule has 0 aliphatic rings. The molecule has 0 bridgehead atoms. The van der Waals surface area contributed by atoms with Gasteiger partial charge < -0.3 is 5.32 Å². The van der Waals surface area contributed by atoms with E-state index in [9.17, 15) is 0 Å². The topological polar surface area (TPSA) is 53.6 Å². The highest BCUT2D eigenvalue weighted by atomic mass is 15.3. The van der Waals surface area contributed by atoms with Gasteiger partial charge in [0.05, 0.1) is 23.1 Å². The average Bonchev–Trinajstić information content (AvgIpc) is 2.77. The molecule has 1 N–H and O–H groups in total. The molecular formula is C13H14N4. The highest BCUT2D eigenvalue weighted by Gasteiger charge is 2.04. The summed E-state index contributed by atoms with van der Waals surface area (Å²) in [5, 5.41) is 16.4. The normalized spacial score (nSPS) is 9.94. The van der Waals surface area contributed by atoms with Crippen LogP contribution in [0.1, 0.15) is 18.1 Å². The van der Waals surface area contributed by atoms with Crippen LogP contribution in [0.5, 0.6) is 0 Å². The largest absolute Gasteiger partial charge is 0.352 e. The van der Waals surface area contributed by atoms with Gasteiger partial charge in [-0.15, -0.1) is 0 Å². The zero-order valence-electron chi connectivity index (χ0n) is 9.94. The molecule has 0 aliphatic carbocycles. The van der Waals surface area contributed by atoms with E-state index in [1.54, 1.807) is 6.20 Å². The molecule has 0 spiro atoms. The zero-order valence-corrected chi connectivity index (χ0v) is 9.94. The number of benzene rings is 1. The lowest BCUT2D eigenvalue weighted by atomic mass is 10.1. The highest BCUT2D eigenvalue weighted by molar-refractivity contribution is 5.66. The van der Waals surface area contributed by atoms with E-state index in [2.05, 4.69) is 16.5 Å². The van der Waals surface area contributed by atoms with Crippen molar-refractivity contribution in [3.05, 3.63) is 41.7 Å². The van der Waals surface area contributed by atoms with Crippen LogP contribution in [0.2, 0.25) is 0 Å². The molecule has 2 rings (SSSR count). The van der Waals surface area contributed by atoms with Gasteiger partial charge in [0.15, 0.2) is 0 Å². The number of nitriles is 1. The Bertz CT molecular complexity index is 563. The monoisotopic (exact) mass is 226 g/mol. The Morgan fingerprint density at radius 3 is 2.94 bits per heavy atom. The molecule has 0 radical (unpaired) electrons. The summed E-state index contributed by atoms with van der Waals surface area (Å²) in [5.41, 5.74) is 3.48. The Morgan fingerprint density at radius 1 is 1.47 bits per heavy atom. The Hall–Kier alpha value is -2.28. The number of hydrogen-bond donors (Lipinski definition) is 1. The van der Waals surface area contributed by atoms with Gasteiger partial charge in [-0.05, 0) is 31.5 Å². The Kier molecular flexibility index (Phi) is 3.10. The van der Waals surface area contributed by atoms with Crippen LogP contribution >= 0.6 is 0 Å². The van der Waals surface area contributed by atoms with E-state index in [-0.39, 0.29) is 0 Å². The molecule has 4 heteroatoms. The van der Waals surface area contributed by atoms with E-state index in [0.29, 0.717) is 5.56 Å². The van der Waals surface area contributed by atoms with Crippen molar-refractivity contribution in [2.24, 2.45) is 0 Å². The van der Waals surface area contributed by atoms with Crippen LogP contribution in [0.4, 0.5) is 11.4 Å². The van der Waals surface area contributed by atoms with Gasteiger partial charge in [-0.1, -0.05) is 6.07 Å². The summed E-state index contributed by atoms with van der Waals surface area (Å²) in [4.78, 5) is 0. The average molecular weight is 226 g/mol. The van der Waals surface area contributed by atoms with E-state index in [1.807, 2.05) is 42.9 Å². The summed E-state index contributed by atoms with van der Waals surface area (Å²) in [6.45, 7) is 4.87. The fourth-order valence-electron chi connectivity index (χ4n) is 1.62. The van der Waals surface area contributed by atoms with Crippen molar-refractivity contribution in [1.82, 2.24) is 9.78 Å². The molecule has 1 aromatic heterocycles. The lowest BCUT2D eigenvalue weighted by Crippen LogP contribution is -1.94. The molecule has 0 saturated carbocycles. The molecule has 0 saturated heterocycles. The predicted octanol–water partition coefficient (Wildman–Crippen LogP) is 2.83. The second-order valence-electron chi connectivity index (χ2n) is 3.87. The molecule has 0 amide bonds. The van der Waals surface area contributed by atoms with Gasteiger partial charge in [-0.25, -0.2) is 0 Å². The summed E-state index contributed by atoms with van der Waals surface area (Å²) >= 11 is 0. The van der Waals surface area contributed by atoms with Crippen LogP contribution in [-0.4, -0.2) is 9.78 Å². The van der Waals surface area contributed by atoms with Crippen molar-refractivity contribution in [2.75, 3.05) is 5.32 Å². The second kappa shape index (κ2) is 4.71. The van der Waals surface area contributed by atoms with Crippen LogP contribution in [0.15, 0.2) is 30.6 Å². The lowest BCUT2D eigenvalue weighted by Gasteiger charge is -2.06. The van der Waals surface area contributed by atoms with Gasteiger partial charge in [0.1, 0.15) is 6.07 Å². The SMILES string of the molecule is CCn1cc(Nc2cc(C)ccc2C#N)cn1. The summed E-state index contributed by atoms with van der Waals surface area (Å²) in [6.07, 6.45) is 3.68. The maximum Gasteiger partial charge on any atom is 0.101 e. The summed E-state index contributed by atoms with van der Waals surface area (Å²) in [6, 6.07) is 7.89. The smallest absolute Gasteiger partial charge is 0.101 e. The third-order valence-corrected chi connectivity index (χ3v) is 2.53. The van der Waals surface area contributed by atoms with E-state index in [0.717, 1.165) is 23.5 Å². The lowest BCUT2D eigenvalue weighted by molar-refractivity contribution is 0.660. The minimum Gasteiger partial charge on any atom is -0.352 e. The number of hydrogen-bond acceptors (Lipinski definition) is 3. The zero-order chi connectivity index (χ0) is 12.3. The van der Waals surface area contributed by atoms with E-state index in [4.69, 9.17) is 5.26 Å². The van der Waals surface area contributed by atoms with Gasteiger partial charge in [0, 0.05) is 12.7 Å². The molecule has 17 heavy (non-hydrogen) atoms. The van der Waals surface area contributed by atoms with E-state index >= 15 is 0 Å². The molecular weight excluding hydrogens is 212 g/mol. The molecule has 1 aromatic carbocycles. The van der Waals surface area contributed by atoms with Crippen molar-refractivity contribution in [1.29, 1.82) is 5.26 Å². The molecule has 0 unspecified atom stereocenters. The first-order valence-corrected chi connectivity index (χ1v) is 5.53. The van der Waals surface area contributed by atoms with Gasteiger partial charge in [0.2, 0.25) is 0 Å². The number of aryl methyl sites for hydroxylation is 2. The van der Waals surface area contributed by atoms with Gasteiger partial charge in [-0.3, -0.25) is 4.68 Å². The van der Waals surface area contributed by atoms with Gasteiger partial charge in [0.25, 0.3) is 0 Å². The molecule has 1 heterocycles. The molecule has 0 aliphatic heterocycles. The van der Waals surface area contributed by atoms with Gasteiger partial charge in [-0.2, -0.15) is 10.4 Å². The molecule has 86 valence electrons. The number of nitrogens with zero attached hydrogens (tertiary/aromatic N) is 3. The first-order valence-electron chi connectivity index (χ1n) is 5.53. The molecule has 4 nitrogen and oxygen atoms in total. The quantitative estimate of drug-likeness (QED) is 0.875. The number of rotatable bonds is 3. The Morgan fingerprint density at radius 2 is 2.29 bits per heavy atom. The number of anilines is 2. The molecule has 0 atom stereocenters. The number of nitrogens with one attached hydrogen (secondary N) is 1. The van der Waals surface area contributed by atoms with Crippen molar-refractivity contribution in [3.8, 4) is 6.07 Å². The second-order valence-corrected chi connectivity index (χ2v) is 3.87. The fourth-order valence-corrected chi connectivity index (χ4v) is 1.62. The Labute approximate surface area is 100 Å². The van der Waals surface area contributed by atoms with Gasteiger partial charge >= 0.3 is 0 Å².